The van der Waals surface area contributed by atoms with E-state index in [-0.39, 0.29) is 11.8 Å². The Bertz CT molecular complexity index is 1190. The van der Waals surface area contributed by atoms with E-state index >= 15 is 0 Å². The molecule has 31 heavy (non-hydrogen) atoms. The number of likely N-dealkylation sites (tertiary alicyclic amines) is 1. The molecule has 0 aliphatic carbocycles. The van der Waals surface area contributed by atoms with E-state index in [1.54, 1.807) is 16.9 Å². The standard InChI is InChI=1S/C22H21BN6OS/c23-17-14-26-29-20(25-13-15-3-1-7-24-12-15)11-18(27-21(17)29)16-5-8-28(9-6-16)22(30)19-4-2-10-31-19/h1-4,7,10-12,14,16,25H,5-6,8-9,13H2. The molecule has 1 aliphatic rings. The third-order valence-corrected chi connectivity index (χ3v) is 6.51. The lowest BCUT2D eigenvalue weighted by atomic mass is 9.92. The third-order valence-electron chi connectivity index (χ3n) is 5.65. The quantitative estimate of drug-likeness (QED) is 0.495. The van der Waals surface area contributed by atoms with Gasteiger partial charge in [0.25, 0.3) is 5.91 Å². The zero-order valence-corrected chi connectivity index (χ0v) is 17.8. The molecule has 0 bridgehead atoms. The average Bonchev–Trinajstić information content (AvgIpc) is 3.48. The molecule has 0 saturated carbocycles. The lowest BCUT2D eigenvalue weighted by Gasteiger charge is -2.31. The topological polar surface area (TPSA) is 75.4 Å². The molecule has 5 heterocycles. The molecule has 154 valence electrons. The maximum atomic E-state index is 12.6. The average molecular weight is 428 g/mol. The number of hydrogen-bond donors (Lipinski definition) is 1. The van der Waals surface area contributed by atoms with E-state index in [9.17, 15) is 4.79 Å². The SMILES string of the molecule is [B]c1cnn2c(NCc3cccnc3)cc(C3CCN(C(=O)c4cccs4)CC3)nc12. The fourth-order valence-corrected chi connectivity index (χ4v) is 4.65. The van der Waals surface area contributed by atoms with Crippen LogP contribution in [-0.4, -0.2) is 51.3 Å². The van der Waals surface area contributed by atoms with Gasteiger partial charge in [0.05, 0.1) is 4.88 Å². The minimum Gasteiger partial charge on any atom is -0.366 e. The molecule has 7 nitrogen and oxygen atoms in total. The molecular weight excluding hydrogens is 407 g/mol. The maximum Gasteiger partial charge on any atom is 0.263 e. The van der Waals surface area contributed by atoms with Gasteiger partial charge in [-0.3, -0.25) is 9.78 Å². The molecule has 1 amide bonds. The molecular formula is C22H21BN6OS. The molecule has 5 rings (SSSR count). The molecule has 1 fully saturated rings. The van der Waals surface area contributed by atoms with Crippen LogP contribution in [0.3, 0.4) is 0 Å². The summed E-state index contributed by atoms with van der Waals surface area (Å²) in [5.74, 6) is 1.24. The van der Waals surface area contributed by atoms with E-state index < -0.39 is 0 Å². The molecule has 4 aromatic heterocycles. The number of pyridine rings is 1. The zero-order chi connectivity index (χ0) is 21.2. The summed E-state index contributed by atoms with van der Waals surface area (Å²) in [5.41, 5.74) is 3.27. The Hall–Kier alpha value is -3.20. The highest BCUT2D eigenvalue weighted by atomic mass is 32.1. The molecule has 1 saturated heterocycles. The van der Waals surface area contributed by atoms with Crippen LogP contribution < -0.4 is 10.8 Å². The Balaban J connectivity index is 1.35. The molecule has 2 radical (unpaired) electrons. The first-order valence-corrected chi connectivity index (χ1v) is 11.2. The minimum atomic E-state index is 0.121. The van der Waals surface area contributed by atoms with Crippen LogP contribution in [0.1, 0.15) is 39.7 Å². The van der Waals surface area contributed by atoms with E-state index in [0.29, 0.717) is 17.7 Å². The molecule has 0 aromatic carbocycles. The number of aromatic nitrogens is 4. The van der Waals surface area contributed by atoms with Gasteiger partial charge in [-0.25, -0.2) is 4.98 Å². The van der Waals surface area contributed by atoms with Crippen LogP contribution in [0.15, 0.2) is 54.3 Å². The van der Waals surface area contributed by atoms with Crippen molar-refractivity contribution in [3.63, 3.8) is 0 Å². The lowest BCUT2D eigenvalue weighted by molar-refractivity contribution is 0.0717. The van der Waals surface area contributed by atoms with E-state index in [4.69, 9.17) is 12.8 Å². The van der Waals surface area contributed by atoms with E-state index in [1.165, 1.54) is 11.3 Å². The highest BCUT2D eigenvalue weighted by Crippen LogP contribution is 2.30. The Morgan fingerprint density at radius 1 is 1.23 bits per heavy atom. The van der Waals surface area contributed by atoms with Crippen LogP contribution in [0.5, 0.6) is 0 Å². The first-order valence-electron chi connectivity index (χ1n) is 10.3. The van der Waals surface area contributed by atoms with Gasteiger partial charge in [-0.15, -0.1) is 11.3 Å². The summed E-state index contributed by atoms with van der Waals surface area (Å²) in [5, 5.41) is 9.76. The molecule has 1 N–H and O–H groups in total. The largest absolute Gasteiger partial charge is 0.366 e. The van der Waals surface area contributed by atoms with Crippen LogP contribution in [0.25, 0.3) is 5.65 Å². The van der Waals surface area contributed by atoms with Crippen LogP contribution in [0, 0.1) is 0 Å². The number of anilines is 1. The number of rotatable bonds is 5. The molecule has 0 spiro atoms. The number of piperidine rings is 1. The highest BCUT2D eigenvalue weighted by molar-refractivity contribution is 7.12. The number of nitrogens with one attached hydrogen (secondary N) is 1. The van der Waals surface area contributed by atoms with E-state index in [0.717, 1.165) is 47.9 Å². The summed E-state index contributed by atoms with van der Waals surface area (Å²) in [4.78, 5) is 24.4. The van der Waals surface area contributed by atoms with Gasteiger partial charge in [-0.05, 0) is 41.4 Å². The number of nitrogens with zero attached hydrogens (tertiary/aromatic N) is 5. The molecule has 1 aliphatic heterocycles. The Morgan fingerprint density at radius 2 is 2.10 bits per heavy atom. The van der Waals surface area contributed by atoms with Crippen molar-refractivity contribution in [2.75, 3.05) is 18.4 Å². The number of fused-ring (bicyclic) bond motifs is 1. The van der Waals surface area contributed by atoms with Gasteiger partial charge >= 0.3 is 0 Å². The van der Waals surface area contributed by atoms with E-state index in [1.807, 2.05) is 40.7 Å². The number of carbonyl (C=O) groups excluding carboxylic acids is 1. The first kappa shape index (κ1) is 19.7. The van der Waals surface area contributed by atoms with E-state index in [2.05, 4.69) is 21.5 Å². The summed E-state index contributed by atoms with van der Waals surface area (Å²) < 4.78 is 1.74. The molecule has 0 atom stereocenters. The summed E-state index contributed by atoms with van der Waals surface area (Å²) >= 11 is 1.49. The van der Waals surface area contributed by atoms with Gasteiger partial charge in [0.1, 0.15) is 19.3 Å². The lowest BCUT2D eigenvalue weighted by Crippen LogP contribution is -2.37. The van der Waals surface area contributed by atoms with Crippen molar-refractivity contribution in [2.45, 2.75) is 25.3 Å². The zero-order valence-electron chi connectivity index (χ0n) is 16.9. The summed E-state index contributed by atoms with van der Waals surface area (Å²) in [6.45, 7) is 2.07. The van der Waals surface area contributed by atoms with Crippen molar-refractivity contribution in [2.24, 2.45) is 0 Å². The van der Waals surface area contributed by atoms with Crippen molar-refractivity contribution in [3.05, 3.63) is 70.4 Å². The highest BCUT2D eigenvalue weighted by Gasteiger charge is 2.26. The molecule has 4 aromatic rings. The van der Waals surface area contributed by atoms with Crippen molar-refractivity contribution in [3.8, 4) is 0 Å². The number of thiophene rings is 1. The summed E-state index contributed by atoms with van der Waals surface area (Å²) in [7, 11) is 6.13. The molecule has 9 heteroatoms. The smallest absolute Gasteiger partial charge is 0.263 e. The number of amides is 1. The van der Waals surface area contributed by atoms with Gasteiger partial charge < -0.3 is 10.2 Å². The van der Waals surface area contributed by atoms with Gasteiger partial charge in [-0.2, -0.15) is 9.61 Å². The van der Waals surface area contributed by atoms with Gasteiger partial charge in [-0.1, -0.05) is 12.1 Å². The maximum absolute atomic E-state index is 12.6. The van der Waals surface area contributed by atoms with Gasteiger partial charge in [0.15, 0.2) is 0 Å². The van der Waals surface area contributed by atoms with Crippen molar-refractivity contribution in [1.29, 1.82) is 0 Å². The second kappa shape index (κ2) is 8.51. The second-order valence-electron chi connectivity index (χ2n) is 7.66. The fraction of sp³-hybridized carbons (Fsp3) is 0.273. The van der Waals surface area contributed by atoms with Crippen LogP contribution in [-0.2, 0) is 6.54 Å². The fourth-order valence-electron chi connectivity index (χ4n) is 3.96. The van der Waals surface area contributed by atoms with Crippen molar-refractivity contribution in [1.82, 2.24) is 24.5 Å². The van der Waals surface area contributed by atoms with Crippen LogP contribution in [0.2, 0.25) is 0 Å². The van der Waals surface area contributed by atoms with Gasteiger partial charge in [0, 0.05) is 55.9 Å². The van der Waals surface area contributed by atoms with Crippen LogP contribution in [0.4, 0.5) is 5.82 Å². The van der Waals surface area contributed by atoms with Crippen molar-refractivity contribution < 1.29 is 4.79 Å². The van der Waals surface area contributed by atoms with Crippen molar-refractivity contribution >= 4 is 42.0 Å². The number of carbonyl (C=O) groups is 1. The normalized spacial score (nSPS) is 14.8. The third kappa shape index (κ3) is 4.05. The minimum absolute atomic E-state index is 0.121. The predicted octanol–water partition coefficient (Wildman–Crippen LogP) is 2.61. The van der Waals surface area contributed by atoms with Crippen LogP contribution >= 0.6 is 11.3 Å². The van der Waals surface area contributed by atoms with Gasteiger partial charge in [0.2, 0.25) is 0 Å². The Morgan fingerprint density at radius 3 is 2.84 bits per heavy atom. The summed E-state index contributed by atoms with van der Waals surface area (Å²) in [6.07, 6.45) is 6.97. The monoisotopic (exact) mass is 428 g/mol. The Labute approximate surface area is 185 Å². The number of hydrogen-bond acceptors (Lipinski definition) is 6. The summed E-state index contributed by atoms with van der Waals surface area (Å²) in [6, 6.07) is 9.80. The predicted molar refractivity (Wildman–Crippen MR) is 122 cm³/mol. The second-order valence-corrected chi connectivity index (χ2v) is 8.61. The molecule has 0 unspecified atom stereocenters. The first-order chi connectivity index (χ1) is 15.2. The Kier molecular flexibility index (Phi) is 5.42.